The van der Waals surface area contributed by atoms with Gasteiger partial charge in [-0.2, -0.15) is 0 Å². The molecule has 1 amide bonds. The van der Waals surface area contributed by atoms with Gasteiger partial charge >= 0.3 is 0 Å². The second kappa shape index (κ2) is 7.74. The van der Waals surface area contributed by atoms with Gasteiger partial charge in [-0.05, 0) is 72.4 Å². The molecule has 0 radical (unpaired) electrons. The number of amides is 1. The number of hydrogen-bond acceptors (Lipinski definition) is 6. The zero-order valence-electron chi connectivity index (χ0n) is 18.5. The number of nitrogens with two attached hydrogens (primary N) is 1. The van der Waals surface area contributed by atoms with E-state index in [2.05, 4.69) is 38.7 Å². The van der Waals surface area contributed by atoms with Gasteiger partial charge in [-0.25, -0.2) is 4.98 Å². The van der Waals surface area contributed by atoms with Gasteiger partial charge in [-0.1, -0.05) is 6.07 Å². The van der Waals surface area contributed by atoms with Crippen molar-refractivity contribution >= 4 is 17.4 Å². The first-order chi connectivity index (χ1) is 15.6. The molecule has 0 unspecified atom stereocenters. The van der Waals surface area contributed by atoms with Crippen LogP contribution in [0, 0.1) is 5.92 Å². The lowest BCUT2D eigenvalue weighted by Crippen LogP contribution is -2.39. The van der Waals surface area contributed by atoms with E-state index < -0.39 is 0 Å². The lowest BCUT2D eigenvalue weighted by molar-refractivity contribution is 0.0933. The lowest BCUT2D eigenvalue weighted by atomic mass is 9.87. The fourth-order valence-electron chi connectivity index (χ4n) is 5.71. The smallest absolute Gasteiger partial charge is 0.253 e. The molecule has 1 aromatic carbocycles. The molecule has 2 aromatic rings. The Morgan fingerprint density at radius 2 is 2.19 bits per heavy atom. The molecule has 1 saturated carbocycles. The second-order valence-electron chi connectivity index (χ2n) is 9.85. The number of hydrogen-bond donors (Lipinski definition) is 3. The highest BCUT2D eigenvalue weighted by molar-refractivity contribution is 5.94. The van der Waals surface area contributed by atoms with Gasteiger partial charge in [0.05, 0.1) is 17.7 Å². The molecule has 0 spiro atoms. The number of aryl methyl sites for hydroxylation is 1. The van der Waals surface area contributed by atoms with Crippen LogP contribution < -0.4 is 21.3 Å². The Morgan fingerprint density at radius 3 is 3.03 bits per heavy atom. The molecule has 7 nitrogen and oxygen atoms in total. The van der Waals surface area contributed by atoms with E-state index in [1.807, 2.05) is 6.07 Å². The van der Waals surface area contributed by atoms with Crippen LogP contribution in [-0.2, 0) is 17.6 Å². The number of carbonyl (C=O) groups is 1. The zero-order chi connectivity index (χ0) is 21.8. The third-order valence-electron chi connectivity index (χ3n) is 7.76. The SMILES string of the molecule is CO[C@H]1CN(c2ccc3c(c2)CC[C@H](NC(=O)c2cnc4c(c2)[C@H]2C[C@H]2CN4)C3)C[C@@H]1N. The van der Waals surface area contributed by atoms with E-state index in [1.165, 1.54) is 28.8 Å². The average Bonchev–Trinajstić information content (AvgIpc) is 3.52. The summed E-state index contributed by atoms with van der Waals surface area (Å²) in [5.74, 6) is 2.26. The predicted octanol–water partition coefficient (Wildman–Crippen LogP) is 2.06. The van der Waals surface area contributed by atoms with Crippen molar-refractivity contribution in [3.63, 3.8) is 0 Å². The van der Waals surface area contributed by atoms with Crippen LogP contribution in [0.25, 0.3) is 0 Å². The molecule has 4 N–H and O–H groups in total. The van der Waals surface area contributed by atoms with Gasteiger partial charge in [0.2, 0.25) is 0 Å². The summed E-state index contributed by atoms with van der Waals surface area (Å²) in [5, 5.41) is 6.64. The number of aromatic nitrogens is 1. The quantitative estimate of drug-likeness (QED) is 0.684. The first-order valence-electron chi connectivity index (χ1n) is 11.8. The van der Waals surface area contributed by atoms with Gasteiger partial charge in [-0.3, -0.25) is 4.79 Å². The summed E-state index contributed by atoms with van der Waals surface area (Å²) in [6.45, 7) is 2.67. The molecule has 0 bridgehead atoms. The van der Waals surface area contributed by atoms with Crippen molar-refractivity contribution in [1.29, 1.82) is 0 Å². The van der Waals surface area contributed by atoms with Crippen molar-refractivity contribution < 1.29 is 9.53 Å². The highest BCUT2D eigenvalue weighted by Gasteiger charge is 2.43. The minimum atomic E-state index is -0.00944. The molecule has 2 aliphatic carbocycles. The average molecular weight is 434 g/mol. The number of nitrogens with zero attached hydrogens (tertiary/aromatic N) is 2. The summed E-state index contributed by atoms with van der Waals surface area (Å²) < 4.78 is 5.50. The molecule has 7 heteroatoms. The maximum absolute atomic E-state index is 12.9. The van der Waals surface area contributed by atoms with E-state index >= 15 is 0 Å². The third kappa shape index (κ3) is 3.53. The summed E-state index contributed by atoms with van der Waals surface area (Å²) in [6, 6.07) is 8.95. The van der Waals surface area contributed by atoms with Crippen LogP contribution in [0.2, 0.25) is 0 Å². The van der Waals surface area contributed by atoms with E-state index in [0.29, 0.717) is 11.5 Å². The number of pyridine rings is 1. The van der Waals surface area contributed by atoms with E-state index in [4.69, 9.17) is 10.5 Å². The standard InChI is InChI=1S/C25H31N5O2/c1-32-23-13-30(12-22(23)26)19-5-3-14-6-18(4-2-15(14)7-19)29-25(31)17-9-21-20-8-16(20)10-27-24(21)28-11-17/h3,5,7,9,11,16,18,20,22-23H,2,4,6,8,10,12-13,26H2,1H3,(H,27,28)(H,29,31)/t16-,18-,20-,22-,23-/m0/s1. The molecule has 2 aliphatic heterocycles. The van der Waals surface area contributed by atoms with Gasteiger partial charge in [-0.15, -0.1) is 0 Å². The van der Waals surface area contributed by atoms with E-state index in [9.17, 15) is 4.79 Å². The van der Waals surface area contributed by atoms with Crippen LogP contribution >= 0.6 is 0 Å². The molecule has 4 aliphatic rings. The Kier molecular flexibility index (Phi) is 4.84. The fraction of sp³-hybridized carbons (Fsp3) is 0.520. The van der Waals surface area contributed by atoms with Crippen LogP contribution in [0.3, 0.4) is 0 Å². The third-order valence-corrected chi connectivity index (χ3v) is 7.76. The topological polar surface area (TPSA) is 92.5 Å². The molecule has 1 saturated heterocycles. The number of carbonyl (C=O) groups excluding carboxylic acids is 1. The Bertz CT molecular complexity index is 1060. The van der Waals surface area contributed by atoms with Crippen LogP contribution in [0.1, 0.15) is 45.8 Å². The number of methoxy groups -OCH3 is 1. The normalized spacial score (nSPS) is 30.1. The van der Waals surface area contributed by atoms with Gasteiger partial charge in [0.25, 0.3) is 5.91 Å². The van der Waals surface area contributed by atoms with Crippen LogP contribution in [0.5, 0.6) is 0 Å². The maximum atomic E-state index is 12.9. The van der Waals surface area contributed by atoms with Crippen LogP contribution in [0.4, 0.5) is 11.5 Å². The molecule has 168 valence electrons. The first kappa shape index (κ1) is 20.0. The summed E-state index contributed by atoms with van der Waals surface area (Å²) in [5.41, 5.74) is 12.0. The van der Waals surface area contributed by atoms with Crippen LogP contribution in [0.15, 0.2) is 30.5 Å². The van der Waals surface area contributed by atoms with Crippen molar-refractivity contribution in [2.45, 2.75) is 49.8 Å². The van der Waals surface area contributed by atoms with Crippen molar-refractivity contribution in [3.05, 3.63) is 52.7 Å². The molecule has 3 heterocycles. The Balaban J connectivity index is 1.12. The summed E-state index contributed by atoms with van der Waals surface area (Å²) >= 11 is 0. The summed E-state index contributed by atoms with van der Waals surface area (Å²) in [7, 11) is 1.73. The van der Waals surface area contributed by atoms with Gasteiger partial charge in [0, 0.05) is 44.7 Å². The minimum absolute atomic E-state index is 0.00944. The van der Waals surface area contributed by atoms with Crippen molar-refractivity contribution in [2.24, 2.45) is 11.7 Å². The zero-order valence-corrected chi connectivity index (χ0v) is 18.5. The molecule has 5 atom stereocenters. The number of anilines is 2. The Morgan fingerprint density at radius 1 is 1.28 bits per heavy atom. The van der Waals surface area contributed by atoms with Crippen molar-refractivity contribution in [3.8, 4) is 0 Å². The molecule has 6 rings (SSSR count). The monoisotopic (exact) mass is 433 g/mol. The molecule has 1 aromatic heterocycles. The minimum Gasteiger partial charge on any atom is -0.378 e. The largest absolute Gasteiger partial charge is 0.378 e. The second-order valence-corrected chi connectivity index (χ2v) is 9.85. The van der Waals surface area contributed by atoms with Gasteiger partial charge in [0.15, 0.2) is 0 Å². The summed E-state index contributed by atoms with van der Waals surface area (Å²) in [4.78, 5) is 19.8. The number of nitrogens with one attached hydrogen (secondary N) is 2. The van der Waals surface area contributed by atoms with Crippen molar-refractivity contribution in [2.75, 3.05) is 37.0 Å². The highest BCUT2D eigenvalue weighted by Crippen LogP contribution is 2.52. The number of ether oxygens (including phenoxy) is 1. The number of rotatable bonds is 4. The molecular weight excluding hydrogens is 402 g/mol. The molecular formula is C25H31N5O2. The fourth-order valence-corrected chi connectivity index (χ4v) is 5.71. The lowest BCUT2D eigenvalue weighted by Gasteiger charge is -2.28. The van der Waals surface area contributed by atoms with E-state index in [1.54, 1.807) is 13.3 Å². The number of fused-ring (bicyclic) bond motifs is 4. The first-order valence-corrected chi connectivity index (χ1v) is 11.8. The van der Waals surface area contributed by atoms with Crippen molar-refractivity contribution in [1.82, 2.24) is 10.3 Å². The van der Waals surface area contributed by atoms with Gasteiger partial charge < -0.3 is 26.0 Å². The highest BCUT2D eigenvalue weighted by atomic mass is 16.5. The Hall–Kier alpha value is -2.64. The maximum Gasteiger partial charge on any atom is 0.253 e. The number of benzene rings is 1. The summed E-state index contributed by atoms with van der Waals surface area (Å²) in [6.07, 6.45) is 5.80. The van der Waals surface area contributed by atoms with Crippen LogP contribution in [-0.4, -0.2) is 55.8 Å². The molecule has 32 heavy (non-hydrogen) atoms. The predicted molar refractivity (Wildman–Crippen MR) is 124 cm³/mol. The van der Waals surface area contributed by atoms with E-state index in [-0.39, 0.29) is 24.1 Å². The van der Waals surface area contributed by atoms with Gasteiger partial charge in [0.1, 0.15) is 5.82 Å². The van der Waals surface area contributed by atoms with E-state index in [0.717, 1.165) is 50.6 Å². The Labute approximate surface area is 188 Å². The molecule has 2 fully saturated rings.